The van der Waals surface area contributed by atoms with Crippen molar-refractivity contribution < 1.29 is 4.79 Å². The van der Waals surface area contributed by atoms with Gasteiger partial charge in [0.2, 0.25) is 0 Å². The fraction of sp³-hybridized carbons (Fsp3) is 0.278. The second-order valence-corrected chi connectivity index (χ2v) is 7.42. The lowest BCUT2D eigenvalue weighted by molar-refractivity contribution is 0.0985. The molecular formula is C18H17N3O3S. The van der Waals surface area contributed by atoms with Crippen LogP contribution in [-0.2, 0) is 20.5 Å². The Labute approximate surface area is 147 Å². The number of aryl methyl sites for hydroxylation is 1. The quantitative estimate of drug-likeness (QED) is 0.670. The summed E-state index contributed by atoms with van der Waals surface area (Å²) in [5, 5.41) is 0.401. The molecule has 1 aliphatic rings. The van der Waals surface area contributed by atoms with Crippen molar-refractivity contribution in [3.8, 4) is 0 Å². The SMILES string of the molecule is CC1Cc2ccccc2N1C(=O)c1cc2c(=O)n(C)c(=O)n(C)c2s1. The summed E-state index contributed by atoms with van der Waals surface area (Å²) in [6, 6.07) is 9.53. The highest BCUT2D eigenvalue weighted by Gasteiger charge is 2.32. The Morgan fingerprint density at radius 3 is 2.64 bits per heavy atom. The molecule has 1 atom stereocenters. The summed E-state index contributed by atoms with van der Waals surface area (Å²) in [5.74, 6) is -0.131. The van der Waals surface area contributed by atoms with Gasteiger partial charge in [0.05, 0.1) is 10.3 Å². The Kier molecular flexibility index (Phi) is 3.43. The molecule has 3 aromatic rings. The van der Waals surface area contributed by atoms with Crippen LogP contribution in [0, 0.1) is 0 Å². The van der Waals surface area contributed by atoms with Crippen LogP contribution in [0.5, 0.6) is 0 Å². The third-order valence-corrected chi connectivity index (χ3v) is 5.96. The van der Waals surface area contributed by atoms with E-state index in [-0.39, 0.29) is 17.5 Å². The first-order valence-corrected chi connectivity index (χ1v) is 8.83. The minimum Gasteiger partial charge on any atom is -0.304 e. The van der Waals surface area contributed by atoms with Crippen molar-refractivity contribution in [2.24, 2.45) is 14.1 Å². The number of rotatable bonds is 1. The Morgan fingerprint density at radius 2 is 1.88 bits per heavy atom. The summed E-state index contributed by atoms with van der Waals surface area (Å²) >= 11 is 1.19. The number of para-hydroxylation sites is 1. The molecule has 0 fully saturated rings. The van der Waals surface area contributed by atoms with Crippen LogP contribution in [0.3, 0.4) is 0 Å². The zero-order chi connectivity index (χ0) is 17.9. The van der Waals surface area contributed by atoms with E-state index < -0.39 is 5.69 Å². The summed E-state index contributed by atoms with van der Waals surface area (Å²) in [4.78, 5) is 40.3. The normalized spacial score (nSPS) is 16.4. The van der Waals surface area contributed by atoms with E-state index in [0.29, 0.717) is 15.1 Å². The lowest BCUT2D eigenvalue weighted by Gasteiger charge is -2.21. The molecule has 4 rings (SSSR count). The van der Waals surface area contributed by atoms with E-state index in [9.17, 15) is 14.4 Å². The third kappa shape index (κ3) is 2.19. The first kappa shape index (κ1) is 15.8. The summed E-state index contributed by atoms with van der Waals surface area (Å²) in [6.07, 6.45) is 0.813. The minimum atomic E-state index is -0.391. The van der Waals surface area contributed by atoms with E-state index in [1.54, 1.807) is 18.0 Å². The van der Waals surface area contributed by atoms with E-state index in [4.69, 9.17) is 0 Å². The third-order valence-electron chi connectivity index (χ3n) is 4.76. The van der Waals surface area contributed by atoms with Gasteiger partial charge in [-0.05, 0) is 31.0 Å². The number of benzene rings is 1. The molecule has 1 amide bonds. The average molecular weight is 355 g/mol. The minimum absolute atomic E-state index is 0.0572. The number of amides is 1. The van der Waals surface area contributed by atoms with Crippen LogP contribution in [0.25, 0.3) is 10.2 Å². The Bertz CT molecular complexity index is 1140. The van der Waals surface area contributed by atoms with Crippen LogP contribution >= 0.6 is 11.3 Å². The largest absolute Gasteiger partial charge is 0.331 e. The number of fused-ring (bicyclic) bond motifs is 2. The molecule has 0 aliphatic carbocycles. The van der Waals surface area contributed by atoms with Crippen LogP contribution in [0.4, 0.5) is 5.69 Å². The van der Waals surface area contributed by atoms with Crippen molar-refractivity contribution in [2.45, 2.75) is 19.4 Å². The van der Waals surface area contributed by atoms with Crippen LogP contribution in [0.2, 0.25) is 0 Å². The summed E-state index contributed by atoms with van der Waals surface area (Å²) < 4.78 is 2.48. The molecule has 0 spiro atoms. The molecular weight excluding hydrogens is 338 g/mol. The Morgan fingerprint density at radius 1 is 1.16 bits per heavy atom. The summed E-state index contributed by atoms with van der Waals surface area (Å²) in [7, 11) is 3.06. The molecule has 0 N–H and O–H groups in total. The van der Waals surface area contributed by atoms with Crippen molar-refractivity contribution in [2.75, 3.05) is 4.90 Å². The van der Waals surface area contributed by atoms with Crippen molar-refractivity contribution in [3.05, 3.63) is 61.6 Å². The standard InChI is InChI=1S/C18H17N3O3S/c1-10-8-11-6-4-5-7-13(11)21(10)16(23)14-9-12-15(22)19(2)18(24)20(3)17(12)25-14/h4-7,9-10H,8H2,1-3H3. The zero-order valence-electron chi connectivity index (χ0n) is 14.1. The maximum atomic E-state index is 13.1. The van der Waals surface area contributed by atoms with Gasteiger partial charge in [-0.2, -0.15) is 0 Å². The number of nitrogens with zero attached hydrogens (tertiary/aromatic N) is 3. The lowest BCUT2D eigenvalue weighted by Crippen LogP contribution is -2.36. The van der Waals surface area contributed by atoms with E-state index in [0.717, 1.165) is 22.2 Å². The van der Waals surface area contributed by atoms with Crippen molar-refractivity contribution in [1.29, 1.82) is 0 Å². The fourth-order valence-corrected chi connectivity index (χ4v) is 4.50. The number of aromatic nitrogens is 2. The van der Waals surface area contributed by atoms with E-state index in [1.165, 1.54) is 23.0 Å². The molecule has 2 aromatic heterocycles. The molecule has 0 saturated heterocycles. The Hall–Kier alpha value is -2.67. The molecule has 25 heavy (non-hydrogen) atoms. The predicted molar refractivity (Wildman–Crippen MR) is 98.7 cm³/mol. The summed E-state index contributed by atoms with van der Waals surface area (Å²) in [6.45, 7) is 2.01. The molecule has 0 bridgehead atoms. The summed E-state index contributed by atoms with van der Waals surface area (Å²) in [5.41, 5.74) is 1.30. The molecule has 1 unspecified atom stereocenters. The predicted octanol–water partition coefficient (Wildman–Crippen LogP) is 1.89. The molecule has 0 radical (unpaired) electrons. The molecule has 0 saturated carbocycles. The highest BCUT2D eigenvalue weighted by Crippen LogP contribution is 2.34. The van der Waals surface area contributed by atoms with Gasteiger partial charge in [-0.1, -0.05) is 18.2 Å². The Balaban J connectivity index is 1.87. The highest BCUT2D eigenvalue weighted by atomic mass is 32.1. The first-order valence-electron chi connectivity index (χ1n) is 8.01. The molecule has 1 aromatic carbocycles. The van der Waals surface area contributed by atoms with Gasteiger partial charge in [-0.15, -0.1) is 11.3 Å². The number of hydrogen-bond donors (Lipinski definition) is 0. The van der Waals surface area contributed by atoms with Gasteiger partial charge >= 0.3 is 5.69 Å². The first-order chi connectivity index (χ1) is 11.9. The lowest BCUT2D eigenvalue weighted by atomic mass is 10.1. The molecule has 7 heteroatoms. The van der Waals surface area contributed by atoms with E-state index in [2.05, 4.69) is 0 Å². The molecule has 128 valence electrons. The topological polar surface area (TPSA) is 64.3 Å². The maximum Gasteiger partial charge on any atom is 0.331 e. The van der Waals surface area contributed by atoms with Gasteiger partial charge in [0, 0.05) is 25.8 Å². The van der Waals surface area contributed by atoms with Crippen LogP contribution in [0.1, 0.15) is 22.2 Å². The molecule has 1 aliphatic heterocycles. The van der Waals surface area contributed by atoms with E-state index in [1.807, 2.05) is 31.2 Å². The van der Waals surface area contributed by atoms with Crippen molar-refractivity contribution in [3.63, 3.8) is 0 Å². The average Bonchev–Trinajstić information content (AvgIpc) is 3.18. The van der Waals surface area contributed by atoms with Crippen LogP contribution in [-0.4, -0.2) is 21.1 Å². The smallest absolute Gasteiger partial charge is 0.304 e. The number of anilines is 1. The fourth-order valence-electron chi connectivity index (χ4n) is 3.46. The van der Waals surface area contributed by atoms with Crippen molar-refractivity contribution in [1.82, 2.24) is 9.13 Å². The molecule has 6 nitrogen and oxygen atoms in total. The number of hydrogen-bond acceptors (Lipinski definition) is 4. The number of carbonyl (C=O) groups is 1. The van der Waals surface area contributed by atoms with Gasteiger partial charge in [0.15, 0.2) is 0 Å². The van der Waals surface area contributed by atoms with Gasteiger partial charge in [0.25, 0.3) is 11.5 Å². The van der Waals surface area contributed by atoms with E-state index >= 15 is 0 Å². The highest BCUT2D eigenvalue weighted by molar-refractivity contribution is 7.20. The molecule has 3 heterocycles. The zero-order valence-corrected chi connectivity index (χ0v) is 15.0. The monoisotopic (exact) mass is 355 g/mol. The maximum absolute atomic E-state index is 13.1. The van der Waals surface area contributed by atoms with Gasteiger partial charge in [-0.3, -0.25) is 18.7 Å². The van der Waals surface area contributed by atoms with Gasteiger partial charge in [0.1, 0.15) is 4.83 Å². The van der Waals surface area contributed by atoms with Crippen molar-refractivity contribution >= 4 is 33.1 Å². The van der Waals surface area contributed by atoms with Gasteiger partial charge in [-0.25, -0.2) is 4.79 Å². The van der Waals surface area contributed by atoms with Gasteiger partial charge < -0.3 is 4.90 Å². The van der Waals surface area contributed by atoms with Crippen LogP contribution in [0.15, 0.2) is 39.9 Å². The second kappa shape index (κ2) is 5.42. The van der Waals surface area contributed by atoms with Crippen LogP contribution < -0.4 is 16.1 Å². The second-order valence-electron chi connectivity index (χ2n) is 6.39. The number of carbonyl (C=O) groups excluding carboxylic acids is 1. The number of thiophene rings is 1.